The Kier molecular flexibility index (Phi) is 5.32. The first-order valence-electron chi connectivity index (χ1n) is 6.44. The van der Waals surface area contributed by atoms with Crippen molar-refractivity contribution < 1.29 is 18.5 Å². The van der Waals surface area contributed by atoms with E-state index in [9.17, 15) is 4.79 Å². The van der Waals surface area contributed by atoms with Crippen LogP contribution < -0.4 is 0 Å². The van der Waals surface area contributed by atoms with Crippen LogP contribution >= 0.6 is 15.9 Å². The van der Waals surface area contributed by atoms with E-state index in [2.05, 4.69) is 39.9 Å². The molecule has 0 saturated heterocycles. The summed E-state index contributed by atoms with van der Waals surface area (Å²) >= 11 is 3.18. The van der Waals surface area contributed by atoms with E-state index in [0.717, 1.165) is 6.42 Å². The molecule has 6 nitrogen and oxygen atoms in total. The van der Waals surface area contributed by atoms with E-state index in [0.29, 0.717) is 22.2 Å². The second kappa shape index (κ2) is 7.21. The molecule has 0 radical (unpaired) electrons. The van der Waals surface area contributed by atoms with E-state index in [4.69, 9.17) is 13.7 Å². The third kappa shape index (κ3) is 5.18. The van der Waals surface area contributed by atoms with Crippen molar-refractivity contribution in [1.29, 1.82) is 0 Å². The average molecular weight is 355 g/mol. The summed E-state index contributed by atoms with van der Waals surface area (Å²) in [5.74, 6) is 1.38. The molecule has 2 rings (SSSR count). The fourth-order valence-electron chi connectivity index (χ4n) is 1.55. The molecule has 0 atom stereocenters. The third-order valence-electron chi connectivity index (χ3n) is 2.42. The van der Waals surface area contributed by atoms with Gasteiger partial charge in [-0.25, -0.2) is 4.79 Å². The van der Waals surface area contributed by atoms with Crippen molar-refractivity contribution in [2.24, 2.45) is 5.92 Å². The second-order valence-electron chi connectivity index (χ2n) is 4.79. The van der Waals surface area contributed by atoms with Gasteiger partial charge in [0.2, 0.25) is 0 Å². The summed E-state index contributed by atoms with van der Waals surface area (Å²) in [5.41, 5.74) is 0. The number of aromatic nitrogens is 2. The maximum absolute atomic E-state index is 11.5. The van der Waals surface area contributed by atoms with Crippen molar-refractivity contribution in [3.63, 3.8) is 0 Å². The van der Waals surface area contributed by atoms with Crippen LogP contribution in [0.15, 0.2) is 31.8 Å². The van der Waals surface area contributed by atoms with Crippen LogP contribution in [0.2, 0.25) is 0 Å². The Bertz CT molecular complexity index is 630. The first kappa shape index (κ1) is 15.5. The standard InChI is InChI=1S/C14H15BrN2O4/c1-9(2)7-12-16-13(21-17-12)8-19-14(18)6-4-10-3-5-11(15)20-10/h3-6,9H,7-8H2,1-2H3/b6-4+. The predicted octanol–water partition coefficient (Wildman–Crippen LogP) is 3.38. The van der Waals surface area contributed by atoms with Gasteiger partial charge in [-0.2, -0.15) is 4.98 Å². The van der Waals surface area contributed by atoms with Gasteiger partial charge in [-0.1, -0.05) is 19.0 Å². The maximum Gasteiger partial charge on any atom is 0.331 e. The van der Waals surface area contributed by atoms with Gasteiger partial charge >= 0.3 is 5.97 Å². The molecular weight excluding hydrogens is 340 g/mol. The summed E-state index contributed by atoms with van der Waals surface area (Å²) in [6.07, 6.45) is 3.52. The van der Waals surface area contributed by atoms with Gasteiger partial charge < -0.3 is 13.7 Å². The number of nitrogens with zero attached hydrogens (tertiary/aromatic N) is 2. The van der Waals surface area contributed by atoms with Gasteiger partial charge in [0, 0.05) is 12.5 Å². The molecule has 0 N–H and O–H groups in total. The van der Waals surface area contributed by atoms with E-state index < -0.39 is 5.97 Å². The zero-order valence-corrected chi connectivity index (χ0v) is 13.3. The highest BCUT2D eigenvalue weighted by atomic mass is 79.9. The number of hydrogen-bond acceptors (Lipinski definition) is 6. The Balaban J connectivity index is 1.81. The largest absolute Gasteiger partial charge is 0.452 e. The van der Waals surface area contributed by atoms with Crippen LogP contribution in [0.5, 0.6) is 0 Å². The normalized spacial score (nSPS) is 11.4. The fraction of sp³-hybridized carbons (Fsp3) is 0.357. The van der Waals surface area contributed by atoms with Crippen molar-refractivity contribution in [3.05, 3.63) is 40.4 Å². The number of carbonyl (C=O) groups is 1. The van der Waals surface area contributed by atoms with Crippen molar-refractivity contribution in [2.75, 3.05) is 0 Å². The van der Waals surface area contributed by atoms with Crippen LogP contribution in [0.25, 0.3) is 6.08 Å². The van der Waals surface area contributed by atoms with Crippen LogP contribution in [0.1, 0.15) is 31.3 Å². The van der Waals surface area contributed by atoms with Crippen molar-refractivity contribution in [2.45, 2.75) is 26.9 Å². The quantitative estimate of drug-likeness (QED) is 0.584. The zero-order chi connectivity index (χ0) is 15.2. The lowest BCUT2D eigenvalue weighted by Crippen LogP contribution is -2.01. The number of rotatable bonds is 6. The molecule has 0 aromatic carbocycles. The molecule has 0 spiro atoms. The van der Waals surface area contributed by atoms with Crippen LogP contribution in [0, 0.1) is 5.92 Å². The first-order valence-corrected chi connectivity index (χ1v) is 7.24. The molecule has 0 aliphatic rings. The van der Waals surface area contributed by atoms with E-state index in [-0.39, 0.29) is 12.5 Å². The van der Waals surface area contributed by atoms with Crippen molar-refractivity contribution in [1.82, 2.24) is 10.1 Å². The number of halogens is 1. The SMILES string of the molecule is CC(C)Cc1noc(COC(=O)/C=C/c2ccc(Br)o2)n1. The van der Waals surface area contributed by atoms with E-state index >= 15 is 0 Å². The maximum atomic E-state index is 11.5. The number of ether oxygens (including phenoxy) is 1. The van der Waals surface area contributed by atoms with Crippen LogP contribution in [0.4, 0.5) is 0 Å². The molecule has 2 aromatic rings. The molecule has 2 heterocycles. The topological polar surface area (TPSA) is 78.4 Å². The van der Waals surface area contributed by atoms with Crippen LogP contribution in [-0.4, -0.2) is 16.1 Å². The minimum atomic E-state index is -0.508. The first-order chi connectivity index (χ1) is 10.0. The number of carbonyl (C=O) groups excluding carboxylic acids is 1. The zero-order valence-electron chi connectivity index (χ0n) is 11.7. The molecule has 0 saturated carbocycles. The van der Waals surface area contributed by atoms with Crippen molar-refractivity contribution >= 4 is 28.0 Å². The molecular formula is C14H15BrN2O4. The molecule has 112 valence electrons. The number of esters is 1. The van der Waals surface area contributed by atoms with Gasteiger partial charge in [0.05, 0.1) is 0 Å². The van der Waals surface area contributed by atoms with Crippen molar-refractivity contribution in [3.8, 4) is 0 Å². The van der Waals surface area contributed by atoms with E-state index in [1.165, 1.54) is 12.2 Å². The average Bonchev–Trinajstić information content (AvgIpc) is 3.02. The van der Waals surface area contributed by atoms with Crippen LogP contribution in [0.3, 0.4) is 0 Å². The van der Waals surface area contributed by atoms with Gasteiger partial charge in [0.1, 0.15) is 5.76 Å². The van der Waals surface area contributed by atoms with Crippen LogP contribution in [-0.2, 0) is 22.6 Å². The molecule has 2 aromatic heterocycles. The summed E-state index contributed by atoms with van der Waals surface area (Å²) in [5, 5.41) is 3.81. The van der Waals surface area contributed by atoms with Gasteiger partial charge in [-0.15, -0.1) is 0 Å². The second-order valence-corrected chi connectivity index (χ2v) is 5.57. The molecule has 21 heavy (non-hydrogen) atoms. The molecule has 7 heteroatoms. The Morgan fingerprint density at radius 2 is 2.29 bits per heavy atom. The Hall–Kier alpha value is -1.89. The summed E-state index contributed by atoms with van der Waals surface area (Å²) in [6.45, 7) is 4.08. The Labute approximate surface area is 130 Å². The summed E-state index contributed by atoms with van der Waals surface area (Å²) in [7, 11) is 0. The van der Waals surface area contributed by atoms with Gasteiger partial charge in [-0.05, 0) is 40.1 Å². The molecule has 0 unspecified atom stereocenters. The third-order valence-corrected chi connectivity index (χ3v) is 2.84. The highest BCUT2D eigenvalue weighted by molar-refractivity contribution is 9.10. The molecule has 0 fully saturated rings. The lowest BCUT2D eigenvalue weighted by molar-refractivity contribution is -0.139. The molecule has 0 bridgehead atoms. The van der Waals surface area contributed by atoms with Gasteiger partial charge in [0.15, 0.2) is 17.1 Å². The summed E-state index contributed by atoms with van der Waals surface area (Å²) in [4.78, 5) is 15.7. The highest BCUT2D eigenvalue weighted by Gasteiger charge is 2.09. The predicted molar refractivity (Wildman–Crippen MR) is 78.1 cm³/mol. The van der Waals surface area contributed by atoms with Gasteiger partial charge in [-0.3, -0.25) is 0 Å². The van der Waals surface area contributed by atoms with E-state index in [1.807, 2.05) is 0 Å². The monoisotopic (exact) mass is 354 g/mol. The fourth-order valence-corrected chi connectivity index (χ4v) is 1.86. The summed E-state index contributed by atoms with van der Waals surface area (Å²) in [6, 6.07) is 3.46. The lowest BCUT2D eigenvalue weighted by Gasteiger charge is -1.97. The Morgan fingerprint density at radius 1 is 1.48 bits per heavy atom. The minimum absolute atomic E-state index is 0.0455. The Morgan fingerprint density at radius 3 is 2.95 bits per heavy atom. The summed E-state index contributed by atoms with van der Waals surface area (Å²) < 4.78 is 15.8. The molecule has 0 aliphatic heterocycles. The molecule has 0 amide bonds. The minimum Gasteiger partial charge on any atom is -0.452 e. The highest BCUT2D eigenvalue weighted by Crippen LogP contribution is 2.15. The van der Waals surface area contributed by atoms with Gasteiger partial charge in [0.25, 0.3) is 5.89 Å². The molecule has 0 aliphatic carbocycles. The smallest absolute Gasteiger partial charge is 0.331 e. The lowest BCUT2D eigenvalue weighted by atomic mass is 10.1. The van der Waals surface area contributed by atoms with E-state index in [1.54, 1.807) is 12.1 Å². The number of hydrogen-bond donors (Lipinski definition) is 0. The number of furan rings is 1.